The Kier molecular flexibility index (Phi) is 13.1. The molecule has 0 bridgehead atoms. The molecule has 5 aromatic carbocycles. The molecule has 1 aliphatic carbocycles. The zero-order valence-electron chi connectivity index (χ0n) is 32.4. The molecule has 0 radical (unpaired) electrons. The number of methoxy groups -OCH3 is 1. The molecule has 0 amide bonds. The molecule has 1 aliphatic heterocycles. The number of thiocarbonyl (C=S) groups is 1. The minimum Gasteiger partial charge on any atom is -0.508 e. The van der Waals surface area contributed by atoms with Crippen LogP contribution in [0.15, 0.2) is 143 Å². The molecule has 13 heteroatoms. The number of hydrogen-bond acceptors (Lipinski definition) is 9. The van der Waals surface area contributed by atoms with Crippen molar-refractivity contribution < 1.29 is 33.8 Å². The summed E-state index contributed by atoms with van der Waals surface area (Å²) in [4.78, 5) is 51.1. The van der Waals surface area contributed by atoms with Gasteiger partial charge in [-0.25, -0.2) is 9.59 Å². The lowest BCUT2D eigenvalue weighted by Crippen LogP contribution is -2.31. The summed E-state index contributed by atoms with van der Waals surface area (Å²) in [6.45, 7) is 1.57. The molecule has 0 fully saturated rings. The van der Waals surface area contributed by atoms with Gasteiger partial charge in [0.1, 0.15) is 17.1 Å². The van der Waals surface area contributed by atoms with Crippen molar-refractivity contribution in [3.05, 3.63) is 160 Å². The van der Waals surface area contributed by atoms with Gasteiger partial charge in [0.2, 0.25) is 0 Å². The van der Waals surface area contributed by atoms with E-state index in [1.165, 1.54) is 37.4 Å². The van der Waals surface area contributed by atoms with Gasteiger partial charge in [-0.1, -0.05) is 72.8 Å². The number of anilines is 1. The summed E-state index contributed by atoms with van der Waals surface area (Å²) in [5, 5.41) is 33.6. The van der Waals surface area contributed by atoms with Gasteiger partial charge in [0.15, 0.2) is 16.3 Å². The standard InChI is InChI=1S/C47H40N3O8PS/c1-57-46(56)38-17-13-29(25-43(38)59(33-9-4-2-5-10-33)34-11-6-3-7-12-34)40(53)21-24-48-22-8-23-49-47(60)50-30-14-18-35(39(26-30)45(54)55)44-36-19-15-31(51)27-41(36)58-42-28-32(52)16-20-37(42)44/h2-7,9-20,25-28,48,51H,8,21-24H2,1H3,(H,54,55)(H2,49,50,60). The predicted molar refractivity (Wildman–Crippen MR) is 240 cm³/mol. The summed E-state index contributed by atoms with van der Waals surface area (Å²) in [5.74, 6) is -1.44. The first-order valence-corrected chi connectivity index (χ1v) is 20.8. The molecular weight excluding hydrogens is 798 g/mol. The predicted octanol–water partition coefficient (Wildman–Crippen LogP) is 7.05. The van der Waals surface area contributed by atoms with Crippen molar-refractivity contribution in [2.45, 2.75) is 12.8 Å². The number of ether oxygens (including phenoxy) is 1. The third-order valence-corrected chi connectivity index (χ3v) is 12.5. The van der Waals surface area contributed by atoms with Gasteiger partial charge >= 0.3 is 11.9 Å². The Hall–Kier alpha value is -6.72. The lowest BCUT2D eigenvalue weighted by Gasteiger charge is -2.22. The van der Waals surface area contributed by atoms with E-state index < -0.39 is 19.9 Å². The molecule has 0 aromatic heterocycles. The van der Waals surface area contributed by atoms with Gasteiger partial charge in [0, 0.05) is 64.7 Å². The van der Waals surface area contributed by atoms with E-state index >= 15 is 0 Å². The summed E-state index contributed by atoms with van der Waals surface area (Å²) in [5.41, 5.74) is 2.93. The van der Waals surface area contributed by atoms with Crippen LogP contribution in [0, 0.1) is 0 Å². The third-order valence-electron chi connectivity index (χ3n) is 9.79. The smallest absolute Gasteiger partial charge is 0.338 e. The average molecular weight is 838 g/mol. The van der Waals surface area contributed by atoms with Crippen LogP contribution >= 0.6 is 20.1 Å². The van der Waals surface area contributed by atoms with Crippen molar-refractivity contribution in [1.29, 1.82) is 0 Å². The molecule has 60 heavy (non-hydrogen) atoms. The molecule has 5 aromatic rings. The van der Waals surface area contributed by atoms with Crippen molar-refractivity contribution in [1.82, 2.24) is 10.6 Å². The molecule has 0 atom stereocenters. The summed E-state index contributed by atoms with van der Waals surface area (Å²) < 4.78 is 11.1. The minimum absolute atomic E-state index is 0.00145. The average Bonchev–Trinajstić information content (AvgIpc) is 3.25. The van der Waals surface area contributed by atoms with Crippen molar-refractivity contribution in [2.75, 3.05) is 32.1 Å². The first-order valence-electron chi connectivity index (χ1n) is 19.1. The number of nitrogens with one attached hydrogen (secondary N) is 3. The number of phenols is 1. The van der Waals surface area contributed by atoms with Crippen LogP contribution in [0.3, 0.4) is 0 Å². The zero-order valence-corrected chi connectivity index (χ0v) is 34.1. The van der Waals surface area contributed by atoms with Crippen LogP contribution in [0.2, 0.25) is 0 Å². The Labute approximate surface area is 352 Å². The first-order chi connectivity index (χ1) is 29.1. The molecule has 302 valence electrons. The Morgan fingerprint density at radius 1 is 0.767 bits per heavy atom. The molecule has 0 saturated heterocycles. The molecule has 1 heterocycles. The number of rotatable bonds is 15. The minimum atomic E-state index is -1.17. The van der Waals surface area contributed by atoms with Crippen molar-refractivity contribution in [3.8, 4) is 28.2 Å². The number of ketones is 1. The van der Waals surface area contributed by atoms with E-state index in [0.29, 0.717) is 75.6 Å². The van der Waals surface area contributed by atoms with Crippen LogP contribution in [-0.2, 0) is 4.74 Å². The summed E-state index contributed by atoms with van der Waals surface area (Å²) in [6, 6.07) is 38.9. The Balaban J connectivity index is 0.950. The van der Waals surface area contributed by atoms with E-state index in [2.05, 4.69) is 16.0 Å². The molecule has 11 nitrogen and oxygen atoms in total. The summed E-state index contributed by atoms with van der Waals surface area (Å²) in [6.07, 6.45) is 0.942. The molecular formula is C47H40N3O8PS. The number of carboxylic acid groups (broad SMARTS) is 1. The molecule has 0 saturated carbocycles. The Morgan fingerprint density at radius 3 is 2.18 bits per heavy atom. The Bertz CT molecular complexity index is 2700. The zero-order chi connectivity index (χ0) is 42.2. The van der Waals surface area contributed by atoms with E-state index in [9.17, 15) is 29.4 Å². The highest BCUT2D eigenvalue weighted by Gasteiger charge is 2.25. The van der Waals surface area contributed by atoms with Gasteiger partial charge in [0.25, 0.3) is 0 Å². The van der Waals surface area contributed by atoms with Crippen molar-refractivity contribution in [3.63, 3.8) is 0 Å². The van der Waals surface area contributed by atoms with Gasteiger partial charge in [0.05, 0.1) is 18.2 Å². The molecule has 7 rings (SSSR count). The number of aromatic carboxylic acids is 1. The van der Waals surface area contributed by atoms with Gasteiger partial charge in [-0.2, -0.15) is 0 Å². The van der Waals surface area contributed by atoms with Crippen LogP contribution in [0.4, 0.5) is 5.69 Å². The number of hydrogen-bond donors (Lipinski definition) is 5. The highest BCUT2D eigenvalue weighted by atomic mass is 32.1. The molecule has 5 N–H and O–H groups in total. The van der Waals surface area contributed by atoms with E-state index in [-0.39, 0.29) is 34.7 Å². The Morgan fingerprint density at radius 2 is 1.48 bits per heavy atom. The van der Waals surface area contributed by atoms with Gasteiger partial charge in [-0.3, -0.25) is 9.59 Å². The maximum absolute atomic E-state index is 13.5. The number of carbonyl (C=O) groups is 3. The van der Waals surface area contributed by atoms with Gasteiger partial charge in [-0.05, 0) is 97.8 Å². The molecule has 0 unspecified atom stereocenters. The number of fused-ring (bicyclic) bond motifs is 2. The number of carbonyl (C=O) groups excluding carboxylic acids is 2. The largest absolute Gasteiger partial charge is 0.508 e. The molecule has 2 aliphatic rings. The van der Waals surface area contributed by atoms with E-state index in [1.54, 1.807) is 36.4 Å². The monoisotopic (exact) mass is 837 g/mol. The number of phenolic OH excluding ortho intramolecular Hbond substituents is 1. The number of aromatic hydroxyl groups is 1. The summed E-state index contributed by atoms with van der Waals surface area (Å²) >= 11 is 5.51. The second-order valence-electron chi connectivity index (χ2n) is 13.8. The van der Waals surface area contributed by atoms with Crippen LogP contribution in [0.25, 0.3) is 33.4 Å². The van der Waals surface area contributed by atoms with E-state index in [4.69, 9.17) is 21.4 Å². The molecule has 0 spiro atoms. The number of esters is 1. The van der Waals surface area contributed by atoms with Crippen LogP contribution < -0.4 is 37.3 Å². The lowest BCUT2D eigenvalue weighted by molar-refractivity contribution is 0.0601. The number of carboxylic acids is 1. The normalized spacial score (nSPS) is 11.1. The highest BCUT2D eigenvalue weighted by molar-refractivity contribution is 7.80. The second-order valence-corrected chi connectivity index (χ2v) is 16.4. The van der Waals surface area contributed by atoms with Gasteiger partial charge in [-0.15, -0.1) is 0 Å². The SMILES string of the molecule is COC(=O)c1ccc(C(=O)CCNCCCNC(=S)Nc2ccc(-c3c4ccc(=O)cc-4oc4cc(O)ccc34)c(C(=O)O)c2)cc1P(c1ccccc1)c1ccccc1. The fourth-order valence-electron chi connectivity index (χ4n) is 6.98. The second kappa shape index (κ2) is 18.9. The van der Waals surface area contributed by atoms with E-state index in [0.717, 1.165) is 15.9 Å². The number of benzene rings is 6. The lowest BCUT2D eigenvalue weighted by atomic mass is 9.90. The first kappa shape index (κ1) is 41.4. The van der Waals surface area contributed by atoms with Crippen LogP contribution in [-0.4, -0.2) is 59.8 Å². The highest BCUT2D eigenvalue weighted by Crippen LogP contribution is 2.42. The maximum Gasteiger partial charge on any atom is 0.338 e. The quantitative estimate of drug-likeness (QED) is 0.0179. The van der Waals surface area contributed by atoms with Crippen LogP contribution in [0.1, 0.15) is 43.9 Å². The van der Waals surface area contributed by atoms with Crippen LogP contribution in [0.5, 0.6) is 5.75 Å². The summed E-state index contributed by atoms with van der Waals surface area (Å²) in [7, 11) is 0.198. The van der Waals surface area contributed by atoms with E-state index in [1.807, 2.05) is 66.7 Å². The third kappa shape index (κ3) is 9.43. The number of Topliss-reactive ketones (excluding diaryl/α,β-unsaturated/α-hetero) is 1. The topological polar surface area (TPSA) is 167 Å². The fourth-order valence-corrected chi connectivity index (χ4v) is 9.67. The maximum atomic E-state index is 13.5. The van der Waals surface area contributed by atoms with Crippen molar-refractivity contribution in [2.24, 2.45) is 0 Å². The van der Waals surface area contributed by atoms with Crippen molar-refractivity contribution >= 4 is 75.5 Å². The van der Waals surface area contributed by atoms with Gasteiger partial charge < -0.3 is 35.3 Å². The fraction of sp³-hybridized carbons (Fsp3) is 0.128.